The van der Waals surface area contributed by atoms with Crippen molar-refractivity contribution in [3.63, 3.8) is 0 Å². The van der Waals surface area contributed by atoms with Gasteiger partial charge in [0, 0.05) is 10.6 Å². The summed E-state index contributed by atoms with van der Waals surface area (Å²) in [6.07, 6.45) is 5.82. The summed E-state index contributed by atoms with van der Waals surface area (Å²) in [5, 5.41) is 14.6. The van der Waals surface area contributed by atoms with Crippen LogP contribution in [0.2, 0.25) is 5.02 Å². The molecule has 0 bridgehead atoms. The predicted octanol–water partition coefficient (Wildman–Crippen LogP) is 3.68. The first-order valence-electron chi connectivity index (χ1n) is 7.96. The van der Waals surface area contributed by atoms with Gasteiger partial charge in [-0.05, 0) is 30.4 Å². The fourth-order valence-corrected chi connectivity index (χ4v) is 2.34. The molecule has 2 aromatic carbocycles. The molecule has 2 aromatic rings. The molecule has 0 saturated carbocycles. The fraction of sp³-hybridized carbons (Fsp3) is 0.0500. The molecule has 7 heteroatoms. The van der Waals surface area contributed by atoms with Crippen LogP contribution >= 0.6 is 11.6 Å². The zero-order valence-electron chi connectivity index (χ0n) is 14.4. The molecule has 3 rings (SSSR count). The molecule has 1 amide bonds. The number of allylic oxidation sites excluding steroid dienone is 4. The number of halogens is 1. The molecular weight excluding hydrogens is 364 g/mol. The highest BCUT2D eigenvalue weighted by atomic mass is 35.5. The zero-order chi connectivity index (χ0) is 19.8. The van der Waals surface area contributed by atoms with Gasteiger partial charge in [-0.2, -0.15) is 0 Å². The van der Waals surface area contributed by atoms with E-state index >= 15 is 0 Å². The van der Waals surface area contributed by atoms with Gasteiger partial charge >= 0.3 is 0 Å². The second-order valence-electron chi connectivity index (χ2n) is 5.54. The first-order chi connectivity index (χ1) is 12.9. The number of hydrogen-bond acceptors (Lipinski definition) is 5. The number of benzene rings is 2. The van der Waals surface area contributed by atoms with Crippen LogP contribution in [0.25, 0.3) is 0 Å². The number of nitrogen functional groups attached to an aromatic ring is 1. The fourth-order valence-electron chi connectivity index (χ4n) is 2.15. The Hall–Kier alpha value is -3.38. The van der Waals surface area contributed by atoms with Crippen LogP contribution in [0.15, 0.2) is 72.8 Å². The summed E-state index contributed by atoms with van der Waals surface area (Å²) in [5.74, 6) is -0.211. The molecule has 0 heterocycles. The third-order valence-electron chi connectivity index (χ3n) is 3.50. The summed E-state index contributed by atoms with van der Waals surface area (Å²) < 4.78 is 5.59. The van der Waals surface area contributed by atoms with Crippen LogP contribution in [0.1, 0.15) is 11.7 Å². The predicted molar refractivity (Wildman–Crippen MR) is 109 cm³/mol. The number of anilines is 1. The van der Waals surface area contributed by atoms with E-state index in [1.807, 2.05) is 6.07 Å². The molecule has 1 aliphatic rings. The van der Waals surface area contributed by atoms with Crippen molar-refractivity contribution >= 4 is 34.6 Å². The van der Waals surface area contributed by atoms with Gasteiger partial charge in [-0.3, -0.25) is 15.6 Å². The molecule has 27 heavy (non-hydrogen) atoms. The van der Waals surface area contributed by atoms with E-state index in [2.05, 4.69) is 0 Å². The van der Waals surface area contributed by atoms with Crippen LogP contribution in [0.5, 0.6) is 5.75 Å². The summed E-state index contributed by atoms with van der Waals surface area (Å²) in [6.45, 7) is 0. The maximum absolute atomic E-state index is 11.5. The Bertz CT molecular complexity index is 885. The lowest BCUT2D eigenvalue weighted by atomic mass is 10.1. The highest BCUT2D eigenvalue weighted by Gasteiger charge is 2.20. The normalized spacial score (nSPS) is 13.5. The topological polar surface area (TPSA) is 126 Å². The van der Waals surface area contributed by atoms with Gasteiger partial charge in [0.05, 0.1) is 17.1 Å². The Balaban J connectivity index is 0.000000273. The molecule has 1 aliphatic carbocycles. The lowest BCUT2D eigenvalue weighted by Crippen LogP contribution is -2.26. The van der Waals surface area contributed by atoms with E-state index in [4.69, 9.17) is 38.6 Å². The maximum Gasteiger partial charge on any atom is 0.263 e. The van der Waals surface area contributed by atoms with Crippen LogP contribution in [0.3, 0.4) is 0 Å². The molecule has 1 unspecified atom stereocenters. The summed E-state index contributed by atoms with van der Waals surface area (Å²) in [6, 6.07) is 13.8. The van der Waals surface area contributed by atoms with E-state index in [-0.39, 0.29) is 11.4 Å². The minimum absolute atomic E-state index is 0.285. The van der Waals surface area contributed by atoms with E-state index < -0.39 is 12.0 Å². The molecule has 0 fully saturated rings. The van der Waals surface area contributed by atoms with Gasteiger partial charge in [0.1, 0.15) is 5.75 Å². The highest BCUT2D eigenvalue weighted by molar-refractivity contribution is 6.48. The second kappa shape index (κ2) is 9.35. The smallest absolute Gasteiger partial charge is 0.263 e. The number of amides is 1. The van der Waals surface area contributed by atoms with Gasteiger partial charge in [0.15, 0.2) is 0 Å². The average Bonchev–Trinajstić information content (AvgIpc) is 2.64. The summed E-state index contributed by atoms with van der Waals surface area (Å²) in [5.41, 5.74) is 12.7. The van der Waals surface area contributed by atoms with Gasteiger partial charge < -0.3 is 16.2 Å². The van der Waals surface area contributed by atoms with Crippen molar-refractivity contribution in [2.45, 2.75) is 6.10 Å². The molecule has 6 N–H and O–H groups in total. The second-order valence-corrected chi connectivity index (χ2v) is 5.98. The van der Waals surface area contributed by atoms with Crippen LogP contribution in [-0.4, -0.2) is 17.3 Å². The average molecular weight is 383 g/mol. The Kier molecular flexibility index (Phi) is 6.91. The molecule has 138 valence electrons. The maximum atomic E-state index is 11.5. The number of nitrogens with one attached hydrogen (secondary N) is 2. The molecule has 0 spiro atoms. The van der Waals surface area contributed by atoms with Crippen molar-refractivity contribution in [3.05, 3.63) is 83.4 Å². The van der Waals surface area contributed by atoms with Gasteiger partial charge in [-0.25, -0.2) is 0 Å². The molecule has 6 nitrogen and oxygen atoms in total. The van der Waals surface area contributed by atoms with Crippen LogP contribution < -0.4 is 16.2 Å². The Morgan fingerprint density at radius 3 is 2.07 bits per heavy atom. The number of carbonyl (C=O) groups excluding carboxylic acids is 1. The number of rotatable bonds is 4. The molecular formula is C20H19ClN4O2. The Labute approximate surface area is 162 Å². The van der Waals surface area contributed by atoms with Gasteiger partial charge in [0.25, 0.3) is 5.91 Å². The Morgan fingerprint density at radius 1 is 1.00 bits per heavy atom. The van der Waals surface area contributed by atoms with Gasteiger partial charge in [0.2, 0.25) is 6.10 Å². The van der Waals surface area contributed by atoms with E-state index in [1.54, 1.807) is 66.8 Å². The third-order valence-corrected chi connectivity index (χ3v) is 3.74. The summed E-state index contributed by atoms with van der Waals surface area (Å²) in [4.78, 5) is 11.5. The number of nitrogens with two attached hydrogens (primary N) is 2. The number of carbonyl (C=O) groups is 1. The van der Waals surface area contributed by atoms with Crippen molar-refractivity contribution in [1.82, 2.24) is 0 Å². The molecule has 0 aromatic heterocycles. The van der Waals surface area contributed by atoms with Gasteiger partial charge in [-0.15, -0.1) is 0 Å². The number of hydrogen-bond donors (Lipinski definition) is 4. The quantitative estimate of drug-likeness (QED) is 0.475. The van der Waals surface area contributed by atoms with Crippen LogP contribution in [-0.2, 0) is 4.79 Å². The molecule has 1 atom stereocenters. The van der Waals surface area contributed by atoms with Crippen molar-refractivity contribution in [2.75, 3.05) is 5.73 Å². The highest BCUT2D eigenvalue weighted by Crippen LogP contribution is 2.29. The SMILES string of the molecule is N=C1C=CC=CC1=N.NC(=O)C(Oc1ccc(Cl)cc1N)c1ccccc1. The number of primary amides is 1. The molecule has 0 saturated heterocycles. The molecule has 0 radical (unpaired) electrons. The van der Waals surface area contributed by atoms with Crippen molar-refractivity contribution in [3.8, 4) is 5.75 Å². The standard InChI is InChI=1S/C14H13ClN2O2.C6H6N2/c15-10-6-7-12(11(16)8-10)19-13(14(17)18)9-4-2-1-3-5-9;7-5-3-1-2-4-6(5)8/h1-8,13H,16H2,(H2,17,18);1-4,7-8H. The lowest BCUT2D eigenvalue weighted by molar-refractivity contribution is -0.124. The summed E-state index contributed by atoms with van der Waals surface area (Å²) >= 11 is 5.81. The van der Waals surface area contributed by atoms with Crippen LogP contribution in [0, 0.1) is 10.8 Å². The van der Waals surface area contributed by atoms with E-state index in [0.29, 0.717) is 22.0 Å². The Morgan fingerprint density at radius 2 is 1.59 bits per heavy atom. The van der Waals surface area contributed by atoms with E-state index in [1.165, 1.54) is 0 Å². The number of ether oxygens (including phenoxy) is 1. The largest absolute Gasteiger partial charge is 0.474 e. The first kappa shape index (κ1) is 19.9. The van der Waals surface area contributed by atoms with E-state index in [9.17, 15) is 4.79 Å². The van der Waals surface area contributed by atoms with Crippen LogP contribution in [0.4, 0.5) is 5.69 Å². The third kappa shape index (κ3) is 5.83. The first-order valence-corrected chi connectivity index (χ1v) is 8.34. The minimum Gasteiger partial charge on any atom is -0.474 e. The van der Waals surface area contributed by atoms with Crippen molar-refractivity contribution < 1.29 is 9.53 Å². The lowest BCUT2D eigenvalue weighted by Gasteiger charge is -2.17. The minimum atomic E-state index is -0.885. The van der Waals surface area contributed by atoms with Gasteiger partial charge in [-0.1, -0.05) is 54.1 Å². The monoisotopic (exact) mass is 382 g/mol. The van der Waals surface area contributed by atoms with E-state index in [0.717, 1.165) is 0 Å². The zero-order valence-corrected chi connectivity index (χ0v) is 15.1. The van der Waals surface area contributed by atoms with Crippen molar-refractivity contribution in [1.29, 1.82) is 10.8 Å². The molecule has 0 aliphatic heterocycles. The summed E-state index contributed by atoms with van der Waals surface area (Å²) in [7, 11) is 0. The van der Waals surface area contributed by atoms with Crippen molar-refractivity contribution in [2.24, 2.45) is 5.73 Å².